The van der Waals surface area contributed by atoms with Gasteiger partial charge in [0.1, 0.15) is 24.3 Å². The van der Waals surface area contributed by atoms with Crippen LogP contribution in [0.4, 0.5) is 21.1 Å². The highest BCUT2D eigenvalue weighted by Crippen LogP contribution is 2.30. The summed E-state index contributed by atoms with van der Waals surface area (Å²) in [5, 5.41) is 23.4. The Morgan fingerprint density at radius 3 is 2.71 bits per heavy atom. The van der Waals surface area contributed by atoms with E-state index in [0.717, 1.165) is 6.42 Å². The summed E-state index contributed by atoms with van der Waals surface area (Å²) in [6.45, 7) is 4.09. The topological polar surface area (TPSA) is 166 Å². The first-order valence-corrected chi connectivity index (χ1v) is 13.5. The molecule has 2 atom stereocenters. The number of likely N-dealkylation sites (N-methyl/N-ethyl adjacent to an activating group) is 1. The predicted octanol–water partition coefficient (Wildman–Crippen LogP) is 3.52. The summed E-state index contributed by atoms with van der Waals surface area (Å²) < 4.78 is 7.10. The minimum absolute atomic E-state index is 0.0104. The standard InChI is InChI=1S/C28H34N8O5/c1-19-10-14-35(24(37)9-12-29)17-23(19)34(2)25-22-11-15-36(26(22)32-18-31-25)27(38)33-20-5-7-21(8-6-20)41-16-4-3-13-30-28(39)40/h5-8,11,15,18-19,23,30H,3-4,9-10,13-14,16-17H2,1-2H3,(H,33,38)(H,39,40)/t19-,23+/m1/s1. The SMILES string of the molecule is C[C@@H]1CCN(C(=O)CC#N)C[C@@H]1N(C)c1ncnc2c1ccn2C(=O)Nc1ccc(OCCCCNC(=O)O)cc1. The lowest BCUT2D eigenvalue weighted by Crippen LogP contribution is -2.52. The van der Waals surface area contributed by atoms with Crippen LogP contribution < -0.4 is 20.3 Å². The Kier molecular flexibility index (Phi) is 9.57. The van der Waals surface area contributed by atoms with Crippen molar-refractivity contribution in [2.75, 3.05) is 43.5 Å². The molecule has 0 spiro atoms. The van der Waals surface area contributed by atoms with Gasteiger partial charge in [0.05, 0.1) is 24.1 Å². The number of anilines is 2. The zero-order valence-electron chi connectivity index (χ0n) is 23.1. The number of nitrogens with zero attached hydrogens (tertiary/aromatic N) is 6. The van der Waals surface area contributed by atoms with Gasteiger partial charge in [-0.25, -0.2) is 19.6 Å². The molecule has 13 nitrogen and oxygen atoms in total. The first-order valence-electron chi connectivity index (χ1n) is 13.5. The van der Waals surface area contributed by atoms with Crippen molar-refractivity contribution in [3.63, 3.8) is 0 Å². The fourth-order valence-corrected chi connectivity index (χ4v) is 4.93. The number of ether oxygens (including phenoxy) is 1. The Morgan fingerprint density at radius 1 is 1.20 bits per heavy atom. The van der Waals surface area contributed by atoms with Crippen molar-refractivity contribution in [2.24, 2.45) is 5.92 Å². The number of piperidine rings is 1. The smallest absolute Gasteiger partial charge is 0.404 e. The number of nitriles is 1. The molecule has 1 aliphatic rings. The van der Waals surface area contributed by atoms with Crippen LogP contribution >= 0.6 is 0 Å². The molecular weight excluding hydrogens is 528 g/mol. The summed E-state index contributed by atoms with van der Waals surface area (Å²) in [6.07, 6.45) is 4.10. The third kappa shape index (κ3) is 7.21. The van der Waals surface area contributed by atoms with Crippen LogP contribution in [0.3, 0.4) is 0 Å². The van der Waals surface area contributed by atoms with Crippen molar-refractivity contribution in [3.8, 4) is 11.8 Å². The van der Waals surface area contributed by atoms with Gasteiger partial charge in [0.2, 0.25) is 5.91 Å². The average Bonchev–Trinajstić information content (AvgIpc) is 3.40. The molecular formula is C28H34N8O5. The summed E-state index contributed by atoms with van der Waals surface area (Å²) in [6, 6.07) is 10.3. The summed E-state index contributed by atoms with van der Waals surface area (Å²) in [4.78, 5) is 48.6. The van der Waals surface area contributed by atoms with Crippen molar-refractivity contribution < 1.29 is 24.2 Å². The molecule has 0 aliphatic carbocycles. The molecule has 3 N–H and O–H groups in total. The van der Waals surface area contributed by atoms with Crippen molar-refractivity contribution in [1.82, 2.24) is 24.8 Å². The van der Waals surface area contributed by atoms with E-state index >= 15 is 0 Å². The number of carbonyl (C=O) groups excluding carboxylic acids is 2. The van der Waals surface area contributed by atoms with Crippen molar-refractivity contribution in [1.29, 1.82) is 5.26 Å². The van der Waals surface area contributed by atoms with Crippen molar-refractivity contribution >= 4 is 40.6 Å². The van der Waals surface area contributed by atoms with Gasteiger partial charge >= 0.3 is 12.1 Å². The van der Waals surface area contributed by atoms with E-state index in [1.807, 2.05) is 18.0 Å². The Morgan fingerprint density at radius 2 is 1.98 bits per heavy atom. The van der Waals surface area contributed by atoms with Gasteiger partial charge in [0, 0.05) is 38.6 Å². The molecule has 41 heavy (non-hydrogen) atoms. The normalized spacial score (nSPS) is 16.6. The second-order valence-electron chi connectivity index (χ2n) is 9.98. The lowest BCUT2D eigenvalue weighted by molar-refractivity contribution is -0.131. The fourth-order valence-electron chi connectivity index (χ4n) is 4.93. The van der Waals surface area contributed by atoms with E-state index in [4.69, 9.17) is 15.1 Å². The van der Waals surface area contributed by atoms with Crippen molar-refractivity contribution in [2.45, 2.75) is 38.6 Å². The van der Waals surface area contributed by atoms with E-state index in [0.29, 0.717) is 73.3 Å². The van der Waals surface area contributed by atoms with Crippen LogP contribution in [0, 0.1) is 17.2 Å². The number of rotatable bonds is 10. The maximum atomic E-state index is 13.1. The van der Waals surface area contributed by atoms with E-state index in [2.05, 4.69) is 27.5 Å². The lowest BCUT2D eigenvalue weighted by Gasteiger charge is -2.42. The van der Waals surface area contributed by atoms with Gasteiger partial charge in [-0.15, -0.1) is 0 Å². The number of carbonyl (C=O) groups is 3. The summed E-state index contributed by atoms with van der Waals surface area (Å²) in [5.41, 5.74) is 1.04. The number of aromatic nitrogens is 3. The van der Waals surface area contributed by atoms with Gasteiger partial charge in [0.15, 0.2) is 5.65 Å². The maximum Gasteiger partial charge on any atom is 0.404 e. The third-order valence-electron chi connectivity index (χ3n) is 7.23. The molecule has 1 saturated heterocycles. The van der Waals surface area contributed by atoms with Gasteiger partial charge in [-0.1, -0.05) is 6.92 Å². The Bertz CT molecular complexity index is 1420. The molecule has 0 bridgehead atoms. The second-order valence-corrected chi connectivity index (χ2v) is 9.98. The monoisotopic (exact) mass is 562 g/mol. The molecule has 1 aromatic carbocycles. The van der Waals surface area contributed by atoms with Crippen molar-refractivity contribution in [3.05, 3.63) is 42.9 Å². The molecule has 3 amide bonds. The van der Waals surface area contributed by atoms with E-state index in [-0.39, 0.29) is 24.4 Å². The molecule has 0 unspecified atom stereocenters. The van der Waals surface area contributed by atoms with Gasteiger partial charge in [-0.2, -0.15) is 5.26 Å². The number of unbranched alkanes of at least 4 members (excludes halogenated alkanes) is 1. The van der Waals surface area contributed by atoms with Gasteiger partial charge < -0.3 is 30.3 Å². The number of likely N-dealkylation sites (tertiary alicyclic amines) is 1. The predicted molar refractivity (Wildman–Crippen MR) is 152 cm³/mol. The molecule has 216 valence electrons. The van der Waals surface area contributed by atoms with Crippen LogP contribution in [0.25, 0.3) is 11.0 Å². The van der Waals surface area contributed by atoms with Crippen LogP contribution in [0.1, 0.15) is 32.6 Å². The lowest BCUT2D eigenvalue weighted by atomic mass is 9.92. The van der Waals surface area contributed by atoms with Crippen LogP contribution in [0.2, 0.25) is 0 Å². The number of fused-ring (bicyclic) bond motifs is 1. The number of hydrogen-bond donors (Lipinski definition) is 3. The molecule has 3 heterocycles. The highest BCUT2D eigenvalue weighted by molar-refractivity contribution is 5.99. The highest BCUT2D eigenvalue weighted by Gasteiger charge is 2.33. The molecule has 1 fully saturated rings. The van der Waals surface area contributed by atoms with E-state index in [9.17, 15) is 14.4 Å². The number of benzene rings is 1. The average molecular weight is 563 g/mol. The molecule has 4 rings (SSSR count). The zero-order valence-corrected chi connectivity index (χ0v) is 23.1. The van der Waals surface area contributed by atoms with E-state index < -0.39 is 6.09 Å². The third-order valence-corrected chi connectivity index (χ3v) is 7.23. The molecule has 0 saturated carbocycles. The van der Waals surface area contributed by atoms with Crippen LogP contribution in [-0.2, 0) is 4.79 Å². The highest BCUT2D eigenvalue weighted by atomic mass is 16.5. The molecule has 3 aromatic rings. The van der Waals surface area contributed by atoms with Gasteiger partial charge in [0.25, 0.3) is 0 Å². The van der Waals surface area contributed by atoms with Crippen LogP contribution in [0.15, 0.2) is 42.9 Å². The van der Waals surface area contributed by atoms with Crippen LogP contribution in [0.5, 0.6) is 5.75 Å². The van der Waals surface area contributed by atoms with E-state index in [1.54, 1.807) is 41.4 Å². The van der Waals surface area contributed by atoms with Crippen LogP contribution in [-0.4, -0.2) is 81.9 Å². The summed E-state index contributed by atoms with van der Waals surface area (Å²) >= 11 is 0. The minimum atomic E-state index is -1.04. The quantitative estimate of drug-likeness (QED) is 0.313. The second kappa shape index (κ2) is 13.5. The number of carboxylic acid groups (broad SMARTS) is 1. The first kappa shape index (κ1) is 29.1. The number of nitrogens with one attached hydrogen (secondary N) is 2. The summed E-state index contributed by atoms with van der Waals surface area (Å²) in [5.74, 6) is 1.43. The van der Waals surface area contributed by atoms with Gasteiger partial charge in [-0.3, -0.25) is 9.36 Å². The minimum Gasteiger partial charge on any atom is -0.494 e. The van der Waals surface area contributed by atoms with Gasteiger partial charge in [-0.05, 0) is 55.5 Å². The number of hydrogen-bond acceptors (Lipinski definition) is 8. The Labute approximate surface area is 237 Å². The zero-order chi connectivity index (χ0) is 29.4. The number of amides is 3. The largest absolute Gasteiger partial charge is 0.494 e. The molecule has 13 heteroatoms. The maximum absolute atomic E-state index is 13.1. The molecule has 2 aromatic heterocycles. The van der Waals surface area contributed by atoms with E-state index in [1.165, 1.54) is 10.9 Å². The Balaban J connectivity index is 1.39. The fraction of sp³-hybridized carbons (Fsp3) is 0.429. The molecule has 0 radical (unpaired) electrons. The molecule has 1 aliphatic heterocycles. The Hall–Kier alpha value is -4.86. The summed E-state index contributed by atoms with van der Waals surface area (Å²) in [7, 11) is 1.93. The first-order chi connectivity index (χ1) is 19.8.